The van der Waals surface area contributed by atoms with Crippen molar-refractivity contribution in [2.45, 2.75) is 19.9 Å². The zero-order valence-electron chi connectivity index (χ0n) is 6.73. The van der Waals surface area contributed by atoms with Crippen LogP contribution in [0.2, 0.25) is 0 Å². The molecular weight excluding hydrogens is 112 g/mol. The highest BCUT2D eigenvalue weighted by molar-refractivity contribution is 4.88. The van der Waals surface area contributed by atoms with Gasteiger partial charge in [0.25, 0.3) is 0 Å². The lowest BCUT2D eigenvalue weighted by Crippen LogP contribution is -2.30. The standard InChI is InChI=1S/C7H16N2/c1-6(2)9(5)7(3)8-4/h6,8H,3H2,1-2,4-5H3. The molecule has 1 N–H and O–H groups in total. The molecule has 0 rings (SSSR count). The lowest BCUT2D eigenvalue weighted by molar-refractivity contribution is 0.327. The summed E-state index contributed by atoms with van der Waals surface area (Å²) in [6.45, 7) is 8.06. The number of nitrogens with zero attached hydrogens (tertiary/aromatic N) is 1. The summed E-state index contributed by atoms with van der Waals surface area (Å²) in [4.78, 5) is 2.08. The molecule has 0 atom stereocenters. The molecule has 0 saturated carbocycles. The van der Waals surface area contributed by atoms with E-state index in [-0.39, 0.29) is 0 Å². The predicted octanol–water partition coefficient (Wildman–Crippen LogP) is 1.02. The van der Waals surface area contributed by atoms with Crippen molar-refractivity contribution in [2.75, 3.05) is 14.1 Å². The Morgan fingerprint density at radius 2 is 2.00 bits per heavy atom. The third-order valence-corrected chi connectivity index (χ3v) is 1.49. The van der Waals surface area contributed by atoms with Crippen molar-refractivity contribution >= 4 is 0 Å². The van der Waals surface area contributed by atoms with Crippen LogP contribution in [0.3, 0.4) is 0 Å². The van der Waals surface area contributed by atoms with Crippen LogP contribution in [0.1, 0.15) is 13.8 Å². The van der Waals surface area contributed by atoms with Crippen LogP contribution in [0.25, 0.3) is 0 Å². The maximum atomic E-state index is 3.81. The van der Waals surface area contributed by atoms with Crippen molar-refractivity contribution in [1.29, 1.82) is 0 Å². The van der Waals surface area contributed by atoms with Crippen LogP contribution in [-0.2, 0) is 0 Å². The number of nitrogens with one attached hydrogen (secondary N) is 1. The molecule has 0 fully saturated rings. The van der Waals surface area contributed by atoms with Crippen LogP contribution in [0.4, 0.5) is 0 Å². The Morgan fingerprint density at radius 1 is 1.56 bits per heavy atom. The Kier molecular flexibility index (Phi) is 3.13. The van der Waals surface area contributed by atoms with E-state index in [1.165, 1.54) is 0 Å². The molecule has 0 heterocycles. The normalized spacial score (nSPS) is 9.44. The maximum Gasteiger partial charge on any atom is 0.0935 e. The Morgan fingerprint density at radius 3 is 2.11 bits per heavy atom. The molecule has 0 radical (unpaired) electrons. The minimum Gasteiger partial charge on any atom is -0.375 e. The van der Waals surface area contributed by atoms with E-state index in [9.17, 15) is 0 Å². The lowest BCUT2D eigenvalue weighted by atomic mass is 10.3. The van der Waals surface area contributed by atoms with Crippen LogP contribution in [0.15, 0.2) is 12.4 Å². The Bertz CT molecular complexity index is 97.1. The molecule has 0 saturated heterocycles. The fraction of sp³-hybridized carbons (Fsp3) is 0.714. The third-order valence-electron chi connectivity index (χ3n) is 1.49. The SMILES string of the molecule is C=C(NC)N(C)C(C)C. The van der Waals surface area contributed by atoms with E-state index in [4.69, 9.17) is 0 Å². The number of hydrogen-bond acceptors (Lipinski definition) is 2. The van der Waals surface area contributed by atoms with Crippen LogP contribution >= 0.6 is 0 Å². The first-order valence-corrected chi connectivity index (χ1v) is 3.19. The molecular formula is C7H16N2. The van der Waals surface area contributed by atoms with Crippen LogP contribution < -0.4 is 5.32 Å². The van der Waals surface area contributed by atoms with Gasteiger partial charge < -0.3 is 10.2 Å². The molecule has 0 aromatic rings. The molecule has 0 aliphatic rings. The van der Waals surface area contributed by atoms with E-state index in [1.54, 1.807) is 0 Å². The van der Waals surface area contributed by atoms with E-state index in [0.717, 1.165) is 5.82 Å². The van der Waals surface area contributed by atoms with Gasteiger partial charge in [-0.25, -0.2) is 0 Å². The summed E-state index contributed by atoms with van der Waals surface area (Å²) in [6, 6.07) is 0.518. The first kappa shape index (κ1) is 8.34. The van der Waals surface area contributed by atoms with Gasteiger partial charge in [-0.05, 0) is 13.8 Å². The summed E-state index contributed by atoms with van der Waals surface area (Å²) in [6.07, 6.45) is 0. The first-order chi connectivity index (χ1) is 4.09. The maximum absolute atomic E-state index is 3.81. The molecule has 0 spiro atoms. The minimum atomic E-state index is 0.518. The Hall–Kier alpha value is -0.660. The molecule has 54 valence electrons. The summed E-state index contributed by atoms with van der Waals surface area (Å²) < 4.78 is 0. The second kappa shape index (κ2) is 3.38. The zero-order chi connectivity index (χ0) is 7.44. The second-order valence-corrected chi connectivity index (χ2v) is 2.40. The third kappa shape index (κ3) is 2.40. The zero-order valence-corrected chi connectivity index (χ0v) is 6.73. The molecule has 9 heavy (non-hydrogen) atoms. The largest absolute Gasteiger partial charge is 0.375 e. The highest BCUT2D eigenvalue weighted by Crippen LogP contribution is 1.98. The van der Waals surface area contributed by atoms with Crippen LogP contribution in [-0.4, -0.2) is 25.0 Å². The van der Waals surface area contributed by atoms with E-state index in [1.807, 2.05) is 14.1 Å². The van der Waals surface area contributed by atoms with Crippen molar-refractivity contribution < 1.29 is 0 Å². The molecule has 2 heteroatoms. The van der Waals surface area contributed by atoms with Gasteiger partial charge >= 0.3 is 0 Å². The molecule has 0 aliphatic heterocycles. The smallest absolute Gasteiger partial charge is 0.0935 e. The summed E-state index contributed by atoms with van der Waals surface area (Å²) >= 11 is 0. The van der Waals surface area contributed by atoms with E-state index < -0.39 is 0 Å². The summed E-state index contributed by atoms with van der Waals surface area (Å²) in [5.74, 6) is 0.963. The van der Waals surface area contributed by atoms with Gasteiger partial charge in [0.2, 0.25) is 0 Å². The summed E-state index contributed by atoms with van der Waals surface area (Å²) in [5.41, 5.74) is 0. The van der Waals surface area contributed by atoms with Crippen molar-refractivity contribution in [3.8, 4) is 0 Å². The van der Waals surface area contributed by atoms with Crippen molar-refractivity contribution in [2.24, 2.45) is 0 Å². The van der Waals surface area contributed by atoms with E-state index >= 15 is 0 Å². The van der Waals surface area contributed by atoms with Gasteiger partial charge in [-0.1, -0.05) is 6.58 Å². The molecule has 0 aliphatic carbocycles. The molecule has 2 nitrogen and oxygen atoms in total. The van der Waals surface area contributed by atoms with Gasteiger partial charge in [0.05, 0.1) is 5.82 Å². The van der Waals surface area contributed by atoms with Gasteiger partial charge in [-0.2, -0.15) is 0 Å². The average Bonchev–Trinajstić information content (AvgIpc) is 1.84. The van der Waals surface area contributed by atoms with Gasteiger partial charge in [0.15, 0.2) is 0 Å². The van der Waals surface area contributed by atoms with Gasteiger partial charge in [-0.3, -0.25) is 0 Å². The quantitative estimate of drug-likeness (QED) is 0.610. The monoisotopic (exact) mass is 128 g/mol. The predicted molar refractivity (Wildman–Crippen MR) is 41.1 cm³/mol. The molecule has 0 unspecified atom stereocenters. The second-order valence-electron chi connectivity index (χ2n) is 2.40. The van der Waals surface area contributed by atoms with Crippen molar-refractivity contribution in [3.05, 3.63) is 12.4 Å². The topological polar surface area (TPSA) is 15.3 Å². The van der Waals surface area contributed by atoms with Crippen LogP contribution in [0, 0.1) is 0 Å². The van der Waals surface area contributed by atoms with Crippen molar-refractivity contribution in [3.63, 3.8) is 0 Å². The van der Waals surface area contributed by atoms with Gasteiger partial charge in [-0.15, -0.1) is 0 Å². The lowest BCUT2D eigenvalue weighted by Gasteiger charge is -2.25. The summed E-state index contributed by atoms with van der Waals surface area (Å²) in [5, 5.41) is 2.98. The molecule has 0 aromatic heterocycles. The fourth-order valence-electron chi connectivity index (χ4n) is 0.488. The Labute approximate surface area is 57.5 Å². The fourth-order valence-corrected chi connectivity index (χ4v) is 0.488. The molecule has 0 amide bonds. The van der Waals surface area contributed by atoms with Crippen LogP contribution in [0.5, 0.6) is 0 Å². The van der Waals surface area contributed by atoms with E-state index in [0.29, 0.717) is 6.04 Å². The number of rotatable bonds is 3. The average molecular weight is 128 g/mol. The Balaban J connectivity index is 3.72. The molecule has 0 bridgehead atoms. The van der Waals surface area contributed by atoms with Gasteiger partial charge in [0, 0.05) is 20.1 Å². The minimum absolute atomic E-state index is 0.518. The number of hydrogen-bond donors (Lipinski definition) is 1. The summed E-state index contributed by atoms with van der Waals surface area (Å²) in [7, 11) is 3.89. The van der Waals surface area contributed by atoms with Gasteiger partial charge in [0.1, 0.15) is 0 Å². The highest BCUT2D eigenvalue weighted by Gasteiger charge is 2.01. The van der Waals surface area contributed by atoms with E-state index in [2.05, 4.69) is 30.6 Å². The first-order valence-electron chi connectivity index (χ1n) is 3.19. The highest BCUT2D eigenvalue weighted by atomic mass is 15.2. The molecule has 0 aromatic carbocycles. The van der Waals surface area contributed by atoms with Crippen molar-refractivity contribution in [1.82, 2.24) is 10.2 Å².